The van der Waals surface area contributed by atoms with Gasteiger partial charge in [-0.05, 0) is 17.9 Å². The van der Waals surface area contributed by atoms with Gasteiger partial charge in [-0.3, -0.25) is 9.59 Å². The number of carbonyl (C=O) groups excluding carboxylic acids is 1. The first kappa shape index (κ1) is 16.2. The lowest BCUT2D eigenvalue weighted by Crippen LogP contribution is -2.45. The number of rotatable bonds is 7. The summed E-state index contributed by atoms with van der Waals surface area (Å²) in [5.41, 5.74) is 6.81. The molecule has 0 spiro atoms. The van der Waals surface area contributed by atoms with Crippen LogP contribution >= 0.6 is 0 Å². The number of hydrogen-bond acceptors (Lipinski definition) is 3. The molecule has 1 amide bonds. The zero-order valence-electron chi connectivity index (χ0n) is 11.9. The van der Waals surface area contributed by atoms with Crippen LogP contribution in [0, 0.1) is 11.8 Å². The number of carbonyl (C=O) groups is 2. The highest BCUT2D eigenvalue weighted by Crippen LogP contribution is 2.10. The molecule has 20 heavy (non-hydrogen) atoms. The number of benzene rings is 1. The minimum Gasteiger partial charge on any atom is -0.481 e. The summed E-state index contributed by atoms with van der Waals surface area (Å²) >= 11 is 0. The van der Waals surface area contributed by atoms with E-state index in [0.29, 0.717) is 6.42 Å². The second kappa shape index (κ2) is 7.65. The molecule has 4 N–H and O–H groups in total. The molecule has 5 nitrogen and oxygen atoms in total. The Morgan fingerprint density at radius 2 is 1.85 bits per heavy atom. The number of hydrogen-bond donors (Lipinski definition) is 3. The number of nitrogens with one attached hydrogen (secondary N) is 1. The quantitative estimate of drug-likeness (QED) is 0.694. The monoisotopic (exact) mass is 278 g/mol. The largest absolute Gasteiger partial charge is 0.481 e. The van der Waals surface area contributed by atoms with Crippen molar-refractivity contribution in [3.63, 3.8) is 0 Å². The number of carboxylic acid groups (broad SMARTS) is 1. The molecule has 0 aliphatic rings. The normalized spacial score (nSPS) is 13.8. The molecule has 1 aromatic carbocycles. The molecule has 1 aromatic rings. The fraction of sp³-hybridized carbons (Fsp3) is 0.467. The first-order valence-corrected chi connectivity index (χ1v) is 6.71. The summed E-state index contributed by atoms with van der Waals surface area (Å²) in [6.07, 6.45) is 0.437. The molecular weight excluding hydrogens is 256 g/mol. The third-order valence-electron chi connectivity index (χ3n) is 3.25. The van der Waals surface area contributed by atoms with Crippen molar-refractivity contribution >= 4 is 11.9 Å². The van der Waals surface area contributed by atoms with Gasteiger partial charge in [0.25, 0.3) is 0 Å². The Hall–Kier alpha value is -1.88. The lowest BCUT2D eigenvalue weighted by Gasteiger charge is -2.18. The van der Waals surface area contributed by atoms with Crippen LogP contribution in [0.5, 0.6) is 0 Å². The molecule has 0 aliphatic carbocycles. The van der Waals surface area contributed by atoms with Crippen LogP contribution in [-0.2, 0) is 16.0 Å². The van der Waals surface area contributed by atoms with Crippen LogP contribution in [0.25, 0.3) is 0 Å². The first-order chi connectivity index (χ1) is 9.41. The Labute approximate surface area is 119 Å². The molecule has 110 valence electrons. The molecule has 1 rings (SSSR count). The summed E-state index contributed by atoms with van der Waals surface area (Å²) in [4.78, 5) is 22.9. The minimum atomic E-state index is -0.906. The number of nitrogens with two attached hydrogens (primary N) is 1. The van der Waals surface area contributed by atoms with Crippen molar-refractivity contribution in [3.8, 4) is 0 Å². The molecule has 5 heteroatoms. The summed E-state index contributed by atoms with van der Waals surface area (Å²) < 4.78 is 0. The lowest BCUT2D eigenvalue weighted by molar-refractivity contribution is -0.143. The van der Waals surface area contributed by atoms with E-state index in [1.807, 2.05) is 44.2 Å². The molecule has 0 saturated carbocycles. The van der Waals surface area contributed by atoms with Gasteiger partial charge in [0.05, 0.1) is 12.0 Å². The maximum atomic E-state index is 11.9. The van der Waals surface area contributed by atoms with Gasteiger partial charge in [0.2, 0.25) is 5.91 Å². The van der Waals surface area contributed by atoms with Crippen molar-refractivity contribution in [2.75, 3.05) is 6.54 Å². The van der Waals surface area contributed by atoms with E-state index in [4.69, 9.17) is 10.8 Å². The molecule has 0 bridgehead atoms. The number of aliphatic carboxylic acids is 1. The lowest BCUT2D eigenvalue weighted by atomic mass is 9.96. The fourth-order valence-electron chi connectivity index (χ4n) is 1.91. The molecule has 0 saturated heterocycles. The summed E-state index contributed by atoms with van der Waals surface area (Å²) in [5, 5.41) is 11.7. The van der Waals surface area contributed by atoms with Crippen LogP contribution in [0.15, 0.2) is 30.3 Å². The van der Waals surface area contributed by atoms with Crippen molar-refractivity contribution in [2.24, 2.45) is 17.6 Å². The van der Waals surface area contributed by atoms with E-state index in [-0.39, 0.29) is 18.4 Å². The average Bonchev–Trinajstić information content (AvgIpc) is 2.38. The molecule has 0 aliphatic heterocycles. The molecular formula is C15H22N2O3. The van der Waals surface area contributed by atoms with Gasteiger partial charge in [-0.25, -0.2) is 0 Å². The topological polar surface area (TPSA) is 92.4 Å². The number of amides is 1. The summed E-state index contributed by atoms with van der Waals surface area (Å²) in [6.45, 7) is 3.73. The van der Waals surface area contributed by atoms with E-state index in [2.05, 4.69) is 5.32 Å². The molecule has 0 fully saturated rings. The maximum absolute atomic E-state index is 11.9. The van der Waals surface area contributed by atoms with Crippen molar-refractivity contribution in [3.05, 3.63) is 35.9 Å². The van der Waals surface area contributed by atoms with Gasteiger partial charge in [-0.2, -0.15) is 0 Å². The van der Waals surface area contributed by atoms with Crippen LogP contribution in [0.3, 0.4) is 0 Å². The zero-order valence-corrected chi connectivity index (χ0v) is 11.9. The van der Waals surface area contributed by atoms with Gasteiger partial charge in [0.15, 0.2) is 0 Å². The third-order valence-corrected chi connectivity index (χ3v) is 3.25. The Morgan fingerprint density at radius 3 is 2.35 bits per heavy atom. The third kappa shape index (κ3) is 5.01. The van der Waals surface area contributed by atoms with Gasteiger partial charge in [0, 0.05) is 6.54 Å². The van der Waals surface area contributed by atoms with Crippen molar-refractivity contribution < 1.29 is 14.7 Å². The van der Waals surface area contributed by atoms with Gasteiger partial charge in [0.1, 0.15) is 0 Å². The van der Waals surface area contributed by atoms with Crippen molar-refractivity contribution in [2.45, 2.75) is 26.3 Å². The molecule has 2 atom stereocenters. The van der Waals surface area contributed by atoms with Crippen molar-refractivity contribution in [1.82, 2.24) is 5.32 Å². The second-order valence-corrected chi connectivity index (χ2v) is 5.23. The minimum absolute atomic E-state index is 0.0434. The predicted octanol–water partition coefficient (Wildman–Crippen LogP) is 1.03. The smallest absolute Gasteiger partial charge is 0.308 e. The van der Waals surface area contributed by atoms with E-state index >= 15 is 0 Å². The highest BCUT2D eigenvalue weighted by atomic mass is 16.4. The van der Waals surface area contributed by atoms with E-state index in [9.17, 15) is 9.59 Å². The Morgan fingerprint density at radius 1 is 1.25 bits per heavy atom. The zero-order chi connectivity index (χ0) is 15.1. The Bertz CT molecular complexity index is 446. The Kier molecular flexibility index (Phi) is 6.18. The van der Waals surface area contributed by atoms with Gasteiger partial charge >= 0.3 is 5.97 Å². The fourth-order valence-corrected chi connectivity index (χ4v) is 1.91. The van der Waals surface area contributed by atoms with Crippen LogP contribution in [-0.4, -0.2) is 29.6 Å². The average molecular weight is 278 g/mol. The van der Waals surface area contributed by atoms with Gasteiger partial charge < -0.3 is 16.2 Å². The van der Waals surface area contributed by atoms with Crippen LogP contribution in [0.2, 0.25) is 0 Å². The maximum Gasteiger partial charge on any atom is 0.308 e. The highest BCUT2D eigenvalue weighted by molar-refractivity contribution is 5.82. The van der Waals surface area contributed by atoms with Crippen LogP contribution in [0.1, 0.15) is 19.4 Å². The summed E-state index contributed by atoms with van der Waals surface area (Å²) in [7, 11) is 0. The predicted molar refractivity (Wildman–Crippen MR) is 77.1 cm³/mol. The first-order valence-electron chi connectivity index (χ1n) is 6.71. The van der Waals surface area contributed by atoms with Crippen LogP contribution in [0.4, 0.5) is 0 Å². The van der Waals surface area contributed by atoms with Gasteiger partial charge in [-0.1, -0.05) is 44.2 Å². The summed E-state index contributed by atoms with van der Waals surface area (Å²) in [5.74, 6) is -1.86. The molecule has 0 radical (unpaired) electrons. The molecule has 0 aromatic heterocycles. The van der Waals surface area contributed by atoms with Crippen molar-refractivity contribution in [1.29, 1.82) is 0 Å². The standard InChI is InChI=1S/C15H22N2O3/c1-10(2)12(15(19)20)9-17-14(18)13(16)8-11-6-4-3-5-7-11/h3-7,10,12-13H,8-9,16H2,1-2H3,(H,17,18)(H,19,20). The van der Waals surface area contributed by atoms with E-state index in [0.717, 1.165) is 5.56 Å². The molecule has 2 unspecified atom stereocenters. The van der Waals surface area contributed by atoms with E-state index in [1.54, 1.807) is 0 Å². The second-order valence-electron chi connectivity index (χ2n) is 5.23. The molecule has 0 heterocycles. The Balaban J connectivity index is 2.48. The highest BCUT2D eigenvalue weighted by Gasteiger charge is 2.23. The van der Waals surface area contributed by atoms with E-state index in [1.165, 1.54) is 0 Å². The summed E-state index contributed by atoms with van der Waals surface area (Å²) in [6, 6.07) is 8.81. The number of carboxylic acids is 1. The SMILES string of the molecule is CC(C)C(CNC(=O)C(N)Cc1ccccc1)C(=O)O. The van der Waals surface area contributed by atoms with Crippen LogP contribution < -0.4 is 11.1 Å². The van der Waals surface area contributed by atoms with Gasteiger partial charge in [-0.15, -0.1) is 0 Å². The van der Waals surface area contributed by atoms with E-state index < -0.39 is 17.9 Å².